The highest BCUT2D eigenvalue weighted by atomic mass is 32.1. The van der Waals surface area contributed by atoms with E-state index in [1.54, 1.807) is 0 Å². The first-order valence-corrected chi connectivity index (χ1v) is 11.3. The maximum atomic E-state index is 2.72. The summed E-state index contributed by atoms with van der Waals surface area (Å²) >= 11 is 1.94. The highest BCUT2D eigenvalue weighted by Gasteiger charge is 2.30. The van der Waals surface area contributed by atoms with Crippen LogP contribution in [0.4, 0.5) is 0 Å². The number of aryl methyl sites for hydroxylation is 3. The molecule has 1 aromatic heterocycles. The van der Waals surface area contributed by atoms with Gasteiger partial charge in [-0.3, -0.25) is 9.80 Å². The summed E-state index contributed by atoms with van der Waals surface area (Å²) in [6, 6.07) is 23.2. The molecular weight excluding hydrogens is 360 g/mol. The van der Waals surface area contributed by atoms with Crippen molar-refractivity contribution in [1.29, 1.82) is 0 Å². The Morgan fingerprint density at radius 2 is 1.39 bits per heavy atom. The molecule has 5 rings (SSSR count). The van der Waals surface area contributed by atoms with Crippen LogP contribution in [0.15, 0.2) is 60.7 Å². The molecule has 2 aliphatic rings. The Morgan fingerprint density at radius 1 is 0.786 bits per heavy atom. The Morgan fingerprint density at radius 3 is 1.96 bits per heavy atom. The minimum Gasteiger partial charge on any atom is -0.296 e. The van der Waals surface area contributed by atoms with Crippen molar-refractivity contribution in [3.05, 3.63) is 92.7 Å². The molecule has 3 aromatic rings. The topological polar surface area (TPSA) is 6.48 Å². The average Bonchev–Trinajstić information content (AvgIpc) is 3.05. The monoisotopic (exact) mass is 388 g/mol. The Bertz CT molecular complexity index is 905. The zero-order chi connectivity index (χ0) is 18.9. The van der Waals surface area contributed by atoms with E-state index in [-0.39, 0.29) is 0 Å². The minimum absolute atomic E-state index is 0.404. The molecule has 2 heterocycles. The quantitative estimate of drug-likeness (QED) is 0.619. The van der Waals surface area contributed by atoms with Gasteiger partial charge in [-0.05, 0) is 54.2 Å². The number of fused-ring (bicyclic) bond motifs is 2. The van der Waals surface area contributed by atoms with E-state index < -0.39 is 0 Å². The predicted molar refractivity (Wildman–Crippen MR) is 118 cm³/mol. The standard InChI is InChI=1S/C25H28N2S/c1-19-10-13-22(28-19)18-26-14-16-27(17-15-26)25-23-8-4-2-6-20(23)11-12-21-7-3-5-9-24(21)25/h2-10,13,25H,11-12,14-18H2,1H3. The van der Waals surface area contributed by atoms with Gasteiger partial charge < -0.3 is 0 Å². The molecule has 2 aromatic carbocycles. The van der Waals surface area contributed by atoms with E-state index in [2.05, 4.69) is 77.4 Å². The van der Waals surface area contributed by atoms with Gasteiger partial charge in [0, 0.05) is 42.5 Å². The van der Waals surface area contributed by atoms with Crippen molar-refractivity contribution in [2.24, 2.45) is 0 Å². The number of hydrogen-bond donors (Lipinski definition) is 0. The molecule has 0 unspecified atom stereocenters. The van der Waals surface area contributed by atoms with Crippen molar-refractivity contribution in [3.63, 3.8) is 0 Å². The number of thiophene rings is 1. The van der Waals surface area contributed by atoms with E-state index in [9.17, 15) is 0 Å². The van der Waals surface area contributed by atoms with Crippen LogP contribution in [0.1, 0.15) is 38.0 Å². The van der Waals surface area contributed by atoms with Crippen molar-refractivity contribution in [3.8, 4) is 0 Å². The third-order valence-electron chi connectivity index (χ3n) is 6.31. The molecule has 3 heteroatoms. The fourth-order valence-corrected chi connectivity index (χ4v) is 5.79. The van der Waals surface area contributed by atoms with Crippen LogP contribution in [0.5, 0.6) is 0 Å². The second-order valence-electron chi connectivity index (χ2n) is 8.12. The first kappa shape index (κ1) is 18.1. The number of rotatable bonds is 3. The first-order valence-electron chi connectivity index (χ1n) is 10.5. The van der Waals surface area contributed by atoms with Gasteiger partial charge in [0.2, 0.25) is 0 Å². The van der Waals surface area contributed by atoms with Gasteiger partial charge in [0.25, 0.3) is 0 Å². The fraction of sp³-hybridized carbons (Fsp3) is 0.360. The van der Waals surface area contributed by atoms with Gasteiger partial charge in [-0.2, -0.15) is 0 Å². The third kappa shape index (κ3) is 3.55. The van der Waals surface area contributed by atoms with Crippen LogP contribution < -0.4 is 0 Å². The molecule has 0 saturated carbocycles. The number of nitrogens with zero attached hydrogens (tertiary/aromatic N) is 2. The summed E-state index contributed by atoms with van der Waals surface area (Å²) in [6.45, 7) is 7.88. The molecule has 28 heavy (non-hydrogen) atoms. The molecule has 0 bridgehead atoms. The second-order valence-corrected chi connectivity index (χ2v) is 9.50. The van der Waals surface area contributed by atoms with Crippen LogP contribution in [0, 0.1) is 6.92 Å². The fourth-order valence-electron chi connectivity index (χ4n) is 4.86. The molecule has 2 nitrogen and oxygen atoms in total. The molecule has 1 saturated heterocycles. The van der Waals surface area contributed by atoms with E-state index in [1.807, 2.05) is 11.3 Å². The predicted octanol–water partition coefficient (Wildman–Crippen LogP) is 5.06. The van der Waals surface area contributed by atoms with Gasteiger partial charge in [0.15, 0.2) is 0 Å². The molecule has 1 fully saturated rings. The molecule has 1 aliphatic carbocycles. The summed E-state index contributed by atoms with van der Waals surface area (Å²) in [4.78, 5) is 8.26. The smallest absolute Gasteiger partial charge is 0.0608 e. The molecule has 0 radical (unpaired) electrons. The largest absolute Gasteiger partial charge is 0.296 e. The van der Waals surface area contributed by atoms with Gasteiger partial charge in [-0.15, -0.1) is 11.3 Å². The SMILES string of the molecule is Cc1ccc(CN2CCN(C3c4ccccc4CCc4ccccc43)CC2)s1. The van der Waals surface area contributed by atoms with Gasteiger partial charge in [0.05, 0.1) is 6.04 Å². The van der Waals surface area contributed by atoms with Crippen LogP contribution in [-0.2, 0) is 19.4 Å². The third-order valence-corrected chi connectivity index (χ3v) is 7.30. The van der Waals surface area contributed by atoms with E-state index in [1.165, 1.54) is 32.0 Å². The summed E-state index contributed by atoms with van der Waals surface area (Å²) in [5, 5.41) is 0. The highest BCUT2D eigenvalue weighted by Crippen LogP contribution is 2.37. The van der Waals surface area contributed by atoms with Crippen LogP contribution in [0.3, 0.4) is 0 Å². The van der Waals surface area contributed by atoms with E-state index in [4.69, 9.17) is 0 Å². The van der Waals surface area contributed by atoms with Crippen LogP contribution in [0.25, 0.3) is 0 Å². The minimum atomic E-state index is 0.404. The molecule has 0 spiro atoms. The maximum Gasteiger partial charge on any atom is 0.0608 e. The van der Waals surface area contributed by atoms with E-state index in [0.29, 0.717) is 6.04 Å². The molecule has 1 aliphatic heterocycles. The first-order chi connectivity index (χ1) is 13.8. The summed E-state index contributed by atoms with van der Waals surface area (Å²) in [6.07, 6.45) is 2.31. The zero-order valence-electron chi connectivity index (χ0n) is 16.6. The lowest BCUT2D eigenvalue weighted by molar-refractivity contribution is 0.105. The lowest BCUT2D eigenvalue weighted by Gasteiger charge is -2.40. The van der Waals surface area contributed by atoms with Crippen LogP contribution in [0.2, 0.25) is 0 Å². The van der Waals surface area contributed by atoms with Crippen molar-refractivity contribution < 1.29 is 0 Å². The number of piperazine rings is 1. The normalized spacial score (nSPS) is 18.5. The molecular formula is C25H28N2S. The number of benzene rings is 2. The second kappa shape index (κ2) is 7.82. The van der Waals surface area contributed by atoms with Crippen molar-refractivity contribution in [2.75, 3.05) is 26.2 Å². The van der Waals surface area contributed by atoms with Crippen LogP contribution in [-0.4, -0.2) is 36.0 Å². The summed E-state index contributed by atoms with van der Waals surface area (Å²) in [5.74, 6) is 0. The highest BCUT2D eigenvalue weighted by molar-refractivity contribution is 7.11. The van der Waals surface area contributed by atoms with Crippen LogP contribution >= 0.6 is 11.3 Å². The Kier molecular flexibility index (Phi) is 5.06. The van der Waals surface area contributed by atoms with Gasteiger partial charge in [-0.25, -0.2) is 0 Å². The summed E-state index contributed by atoms with van der Waals surface area (Å²) in [7, 11) is 0. The van der Waals surface area contributed by atoms with Crippen molar-refractivity contribution in [2.45, 2.75) is 32.4 Å². The van der Waals surface area contributed by atoms with Gasteiger partial charge in [0.1, 0.15) is 0 Å². The molecule has 0 atom stereocenters. The van der Waals surface area contributed by atoms with Crippen molar-refractivity contribution >= 4 is 11.3 Å². The zero-order valence-corrected chi connectivity index (χ0v) is 17.4. The average molecular weight is 389 g/mol. The van der Waals surface area contributed by atoms with Crippen molar-refractivity contribution in [1.82, 2.24) is 9.80 Å². The van der Waals surface area contributed by atoms with Gasteiger partial charge in [-0.1, -0.05) is 48.5 Å². The van der Waals surface area contributed by atoms with E-state index >= 15 is 0 Å². The number of hydrogen-bond acceptors (Lipinski definition) is 3. The maximum absolute atomic E-state index is 2.72. The lowest BCUT2D eigenvalue weighted by atomic mass is 9.93. The summed E-state index contributed by atoms with van der Waals surface area (Å²) < 4.78 is 0. The molecule has 0 amide bonds. The molecule has 144 valence electrons. The summed E-state index contributed by atoms with van der Waals surface area (Å²) in [5.41, 5.74) is 6.10. The Hall–Kier alpha value is -1.94. The van der Waals surface area contributed by atoms with E-state index in [0.717, 1.165) is 45.6 Å². The Balaban J connectivity index is 1.39. The molecule has 0 N–H and O–H groups in total. The Labute approximate surface area is 172 Å². The van der Waals surface area contributed by atoms with Gasteiger partial charge >= 0.3 is 0 Å². The lowest BCUT2D eigenvalue weighted by Crippen LogP contribution is -2.47.